The van der Waals surface area contributed by atoms with E-state index >= 15 is 0 Å². The van der Waals surface area contributed by atoms with Crippen molar-refractivity contribution in [3.63, 3.8) is 0 Å². The summed E-state index contributed by atoms with van der Waals surface area (Å²) in [7, 11) is 1.68. The lowest BCUT2D eigenvalue weighted by Gasteiger charge is -2.44. The Morgan fingerprint density at radius 3 is 2.25 bits per heavy atom. The van der Waals surface area contributed by atoms with Crippen LogP contribution in [0.1, 0.15) is 36.8 Å². The van der Waals surface area contributed by atoms with Gasteiger partial charge < -0.3 is 9.84 Å². The van der Waals surface area contributed by atoms with E-state index in [9.17, 15) is 5.11 Å². The Kier molecular flexibility index (Phi) is 6.00. The highest BCUT2D eigenvalue weighted by molar-refractivity contribution is 5.38. The van der Waals surface area contributed by atoms with Crippen LogP contribution in [0.25, 0.3) is 0 Å². The number of piperazine rings is 1. The first-order valence-corrected chi connectivity index (χ1v) is 10.5. The predicted octanol–water partition coefficient (Wildman–Crippen LogP) is 3.64. The van der Waals surface area contributed by atoms with Crippen molar-refractivity contribution in [2.24, 2.45) is 0 Å². The number of nitrogens with zero attached hydrogens (tertiary/aromatic N) is 2. The Hall–Kier alpha value is -1.88. The molecule has 4 rings (SSSR count). The van der Waals surface area contributed by atoms with Crippen LogP contribution in [0.15, 0.2) is 54.6 Å². The topological polar surface area (TPSA) is 35.9 Å². The maximum Gasteiger partial charge on any atom is 0.124 e. The van der Waals surface area contributed by atoms with Crippen molar-refractivity contribution >= 4 is 0 Å². The summed E-state index contributed by atoms with van der Waals surface area (Å²) < 4.78 is 5.49. The van der Waals surface area contributed by atoms with Gasteiger partial charge in [-0.15, -0.1) is 0 Å². The van der Waals surface area contributed by atoms with E-state index in [2.05, 4.69) is 40.1 Å². The van der Waals surface area contributed by atoms with Crippen LogP contribution < -0.4 is 4.74 Å². The second-order valence-electron chi connectivity index (χ2n) is 8.26. The number of benzene rings is 2. The van der Waals surface area contributed by atoms with E-state index in [0.717, 1.165) is 69.7 Å². The minimum atomic E-state index is -0.752. The normalized spacial score (nSPS) is 26.9. The zero-order chi connectivity index (χ0) is 19.4. The van der Waals surface area contributed by atoms with Crippen molar-refractivity contribution in [1.29, 1.82) is 0 Å². The van der Waals surface area contributed by atoms with E-state index in [1.807, 2.05) is 24.3 Å². The average Bonchev–Trinajstić information content (AvgIpc) is 2.76. The highest BCUT2D eigenvalue weighted by Gasteiger charge is 2.38. The smallest absolute Gasteiger partial charge is 0.124 e. The van der Waals surface area contributed by atoms with Crippen molar-refractivity contribution in [2.75, 3.05) is 33.3 Å². The molecule has 28 heavy (non-hydrogen) atoms. The number of hydrogen-bond acceptors (Lipinski definition) is 4. The van der Waals surface area contributed by atoms with Gasteiger partial charge in [0.2, 0.25) is 0 Å². The number of ether oxygens (including phenoxy) is 1. The fourth-order valence-corrected chi connectivity index (χ4v) is 4.87. The summed E-state index contributed by atoms with van der Waals surface area (Å²) in [4.78, 5) is 5.20. The molecule has 2 aliphatic rings. The minimum Gasteiger partial charge on any atom is -0.496 e. The standard InChI is InChI=1S/C24H32N2O2/c1-28-23-10-6-5-9-22(23)24(27)13-11-21(12-14-24)26-17-15-25(16-18-26)19-20-7-3-2-4-8-20/h2-10,21,27H,11-19H2,1H3. The third-order valence-electron chi connectivity index (χ3n) is 6.56. The molecular formula is C24H32N2O2. The summed E-state index contributed by atoms with van der Waals surface area (Å²) in [5.41, 5.74) is 1.59. The van der Waals surface area contributed by atoms with E-state index in [4.69, 9.17) is 4.74 Å². The fraction of sp³-hybridized carbons (Fsp3) is 0.500. The molecule has 1 heterocycles. The molecule has 4 heteroatoms. The lowest BCUT2D eigenvalue weighted by atomic mass is 9.77. The molecule has 1 saturated carbocycles. The van der Waals surface area contributed by atoms with Gasteiger partial charge in [-0.1, -0.05) is 48.5 Å². The first-order chi connectivity index (χ1) is 13.7. The molecule has 4 nitrogen and oxygen atoms in total. The van der Waals surface area contributed by atoms with Gasteiger partial charge in [0.1, 0.15) is 5.75 Å². The first-order valence-electron chi connectivity index (χ1n) is 10.5. The highest BCUT2D eigenvalue weighted by Crippen LogP contribution is 2.42. The fourth-order valence-electron chi connectivity index (χ4n) is 4.87. The largest absolute Gasteiger partial charge is 0.496 e. The number of para-hydroxylation sites is 1. The Morgan fingerprint density at radius 1 is 0.929 bits per heavy atom. The SMILES string of the molecule is COc1ccccc1C1(O)CCC(N2CCN(Cc3ccccc3)CC2)CC1. The van der Waals surface area contributed by atoms with Gasteiger partial charge in [-0.05, 0) is 37.3 Å². The van der Waals surface area contributed by atoms with E-state index < -0.39 is 5.60 Å². The van der Waals surface area contributed by atoms with Gasteiger partial charge in [0.05, 0.1) is 12.7 Å². The monoisotopic (exact) mass is 380 g/mol. The molecule has 0 atom stereocenters. The van der Waals surface area contributed by atoms with Crippen molar-refractivity contribution in [3.05, 3.63) is 65.7 Å². The second kappa shape index (κ2) is 8.64. The van der Waals surface area contributed by atoms with Crippen molar-refractivity contribution < 1.29 is 9.84 Å². The molecule has 1 aliphatic carbocycles. The van der Waals surface area contributed by atoms with E-state index in [0.29, 0.717) is 6.04 Å². The van der Waals surface area contributed by atoms with Crippen molar-refractivity contribution in [3.8, 4) is 5.75 Å². The molecule has 2 aromatic rings. The van der Waals surface area contributed by atoms with Gasteiger partial charge in [-0.3, -0.25) is 9.80 Å². The van der Waals surface area contributed by atoms with Crippen molar-refractivity contribution in [1.82, 2.24) is 9.80 Å². The third-order valence-corrected chi connectivity index (χ3v) is 6.56. The number of hydrogen-bond donors (Lipinski definition) is 1. The molecule has 2 aromatic carbocycles. The van der Waals surface area contributed by atoms with Gasteiger partial charge in [-0.25, -0.2) is 0 Å². The summed E-state index contributed by atoms with van der Waals surface area (Å²) >= 11 is 0. The van der Waals surface area contributed by atoms with Crippen LogP contribution in [-0.4, -0.2) is 54.2 Å². The average molecular weight is 381 g/mol. The zero-order valence-corrected chi connectivity index (χ0v) is 16.9. The van der Waals surface area contributed by atoms with Gasteiger partial charge in [-0.2, -0.15) is 0 Å². The lowest BCUT2D eigenvalue weighted by Crippen LogP contribution is -2.51. The van der Waals surface area contributed by atoms with Gasteiger partial charge in [0.15, 0.2) is 0 Å². The lowest BCUT2D eigenvalue weighted by molar-refractivity contribution is -0.0333. The molecule has 0 unspecified atom stereocenters. The Morgan fingerprint density at radius 2 is 1.57 bits per heavy atom. The molecule has 0 radical (unpaired) electrons. The summed E-state index contributed by atoms with van der Waals surface area (Å²) in [5.74, 6) is 0.804. The van der Waals surface area contributed by atoms with E-state index in [1.54, 1.807) is 7.11 Å². The maximum atomic E-state index is 11.3. The Labute approximate surface area is 168 Å². The highest BCUT2D eigenvalue weighted by atomic mass is 16.5. The van der Waals surface area contributed by atoms with Crippen LogP contribution in [0.5, 0.6) is 5.75 Å². The molecule has 2 fully saturated rings. The summed E-state index contributed by atoms with van der Waals surface area (Å²) in [6.45, 7) is 5.56. The quantitative estimate of drug-likeness (QED) is 0.859. The molecule has 0 aromatic heterocycles. The van der Waals surface area contributed by atoms with E-state index in [1.165, 1.54) is 5.56 Å². The van der Waals surface area contributed by atoms with Crippen LogP contribution in [0.4, 0.5) is 0 Å². The van der Waals surface area contributed by atoms with Gasteiger partial charge in [0.25, 0.3) is 0 Å². The third kappa shape index (κ3) is 4.24. The van der Waals surface area contributed by atoms with Gasteiger partial charge >= 0.3 is 0 Å². The molecule has 0 amide bonds. The summed E-state index contributed by atoms with van der Waals surface area (Å²) in [6, 6.07) is 19.3. The van der Waals surface area contributed by atoms with E-state index in [-0.39, 0.29) is 0 Å². The van der Waals surface area contributed by atoms with Crippen molar-refractivity contribution in [2.45, 2.75) is 43.9 Å². The summed E-state index contributed by atoms with van der Waals surface area (Å²) in [5, 5.41) is 11.3. The van der Waals surface area contributed by atoms with Crippen LogP contribution in [0.3, 0.4) is 0 Å². The second-order valence-corrected chi connectivity index (χ2v) is 8.26. The molecule has 150 valence electrons. The van der Waals surface area contributed by atoms with Crippen LogP contribution in [-0.2, 0) is 12.1 Å². The molecular weight excluding hydrogens is 348 g/mol. The number of aliphatic hydroxyl groups is 1. The molecule has 0 spiro atoms. The van der Waals surface area contributed by atoms with Gasteiger partial charge in [0, 0.05) is 44.3 Å². The summed E-state index contributed by atoms with van der Waals surface area (Å²) in [6.07, 6.45) is 3.71. The molecule has 1 aliphatic heterocycles. The maximum absolute atomic E-state index is 11.3. The van der Waals surface area contributed by atoms with Crippen LogP contribution in [0, 0.1) is 0 Å². The predicted molar refractivity (Wildman–Crippen MR) is 112 cm³/mol. The Balaban J connectivity index is 1.30. The molecule has 1 saturated heterocycles. The molecule has 1 N–H and O–H groups in total. The molecule has 0 bridgehead atoms. The number of methoxy groups -OCH3 is 1. The van der Waals surface area contributed by atoms with Crippen LogP contribution >= 0.6 is 0 Å². The van der Waals surface area contributed by atoms with Crippen LogP contribution in [0.2, 0.25) is 0 Å². The zero-order valence-electron chi connectivity index (χ0n) is 16.9. The number of rotatable bonds is 5. The Bertz CT molecular complexity index is 748. The first kappa shape index (κ1) is 19.4. The minimum absolute atomic E-state index is 0.592.